The van der Waals surface area contributed by atoms with Gasteiger partial charge in [0, 0.05) is 22.0 Å². The first-order valence-corrected chi connectivity index (χ1v) is 10.7. The molecule has 2 aromatic carbocycles. The second-order valence-electron chi connectivity index (χ2n) is 6.96. The highest BCUT2D eigenvalue weighted by Crippen LogP contribution is 2.36. The molecule has 2 aromatic heterocycles. The first kappa shape index (κ1) is 20.4. The molecule has 0 aliphatic heterocycles. The quantitative estimate of drug-likeness (QED) is 0.408. The number of hydrogen-bond acceptors (Lipinski definition) is 5. The van der Waals surface area contributed by atoms with Gasteiger partial charge in [-0.3, -0.25) is 4.79 Å². The SMILES string of the molecule is COc1ccc(OC)c(CCNC(=O)c2cc3c(Cl)nc4ccc(C)cc4c3s2)c1. The van der Waals surface area contributed by atoms with E-state index in [1.807, 2.05) is 43.3 Å². The minimum absolute atomic E-state index is 0.130. The summed E-state index contributed by atoms with van der Waals surface area (Å²) in [6, 6.07) is 13.5. The number of nitrogens with zero attached hydrogens (tertiary/aromatic N) is 1. The molecule has 0 unspecified atom stereocenters. The smallest absolute Gasteiger partial charge is 0.261 e. The third-order valence-electron chi connectivity index (χ3n) is 4.96. The van der Waals surface area contributed by atoms with Crippen LogP contribution in [0.5, 0.6) is 11.5 Å². The average molecular weight is 441 g/mol. The van der Waals surface area contributed by atoms with Gasteiger partial charge in [-0.25, -0.2) is 4.98 Å². The Morgan fingerprint density at radius 1 is 1.10 bits per heavy atom. The van der Waals surface area contributed by atoms with Crippen LogP contribution >= 0.6 is 22.9 Å². The van der Waals surface area contributed by atoms with Gasteiger partial charge in [-0.15, -0.1) is 11.3 Å². The fraction of sp³-hybridized carbons (Fsp3) is 0.217. The topological polar surface area (TPSA) is 60.5 Å². The molecule has 0 atom stereocenters. The number of ether oxygens (including phenoxy) is 2. The van der Waals surface area contributed by atoms with E-state index in [1.165, 1.54) is 11.3 Å². The van der Waals surface area contributed by atoms with E-state index in [9.17, 15) is 4.79 Å². The molecule has 0 bridgehead atoms. The number of thiophene rings is 1. The molecule has 0 aliphatic rings. The van der Waals surface area contributed by atoms with E-state index in [2.05, 4.69) is 16.4 Å². The summed E-state index contributed by atoms with van der Waals surface area (Å²) in [4.78, 5) is 17.9. The van der Waals surface area contributed by atoms with Gasteiger partial charge in [-0.05, 0) is 55.3 Å². The summed E-state index contributed by atoms with van der Waals surface area (Å²) in [6.07, 6.45) is 0.626. The molecule has 1 N–H and O–H groups in total. The number of pyridine rings is 1. The van der Waals surface area contributed by atoms with Gasteiger partial charge in [-0.1, -0.05) is 23.2 Å². The van der Waals surface area contributed by atoms with Crippen molar-refractivity contribution in [3.05, 3.63) is 63.6 Å². The summed E-state index contributed by atoms with van der Waals surface area (Å²) in [7, 11) is 3.25. The number of methoxy groups -OCH3 is 2. The van der Waals surface area contributed by atoms with Crippen LogP contribution in [0.2, 0.25) is 5.15 Å². The first-order chi connectivity index (χ1) is 14.5. The summed E-state index contributed by atoms with van der Waals surface area (Å²) in [5.74, 6) is 1.40. The van der Waals surface area contributed by atoms with Crippen molar-refractivity contribution in [1.82, 2.24) is 10.3 Å². The number of fused-ring (bicyclic) bond motifs is 3. The summed E-state index contributed by atoms with van der Waals surface area (Å²) in [6.45, 7) is 2.51. The average Bonchev–Trinajstić information content (AvgIpc) is 3.21. The van der Waals surface area contributed by atoms with Crippen LogP contribution in [0.4, 0.5) is 0 Å². The minimum Gasteiger partial charge on any atom is -0.497 e. The van der Waals surface area contributed by atoms with Gasteiger partial charge in [0.05, 0.1) is 24.6 Å². The van der Waals surface area contributed by atoms with Gasteiger partial charge in [0.25, 0.3) is 5.91 Å². The molecule has 0 radical (unpaired) electrons. The number of rotatable bonds is 6. The molecule has 154 valence electrons. The number of carbonyl (C=O) groups is 1. The highest BCUT2D eigenvalue weighted by atomic mass is 35.5. The standard InChI is InChI=1S/C23H21ClN2O3S/c1-13-4-6-18-16(10-13)21-17(22(24)26-18)12-20(30-21)23(27)25-9-8-14-11-15(28-2)5-7-19(14)29-3/h4-7,10-12H,8-9H2,1-3H3,(H,25,27). The Kier molecular flexibility index (Phi) is 5.79. The number of carbonyl (C=O) groups excluding carboxylic acids is 1. The van der Waals surface area contributed by atoms with Crippen molar-refractivity contribution in [3.8, 4) is 11.5 Å². The summed E-state index contributed by atoms with van der Waals surface area (Å²) in [5, 5.41) is 5.22. The minimum atomic E-state index is -0.130. The van der Waals surface area contributed by atoms with Crippen molar-refractivity contribution >= 4 is 49.8 Å². The van der Waals surface area contributed by atoms with Crippen LogP contribution in [-0.4, -0.2) is 31.7 Å². The van der Waals surface area contributed by atoms with Crippen molar-refractivity contribution in [1.29, 1.82) is 0 Å². The van der Waals surface area contributed by atoms with Gasteiger partial charge in [0.1, 0.15) is 16.7 Å². The zero-order valence-corrected chi connectivity index (χ0v) is 18.5. The Labute approximate surface area is 183 Å². The maximum Gasteiger partial charge on any atom is 0.261 e. The lowest BCUT2D eigenvalue weighted by atomic mass is 10.1. The van der Waals surface area contributed by atoms with Gasteiger partial charge >= 0.3 is 0 Å². The van der Waals surface area contributed by atoms with E-state index in [0.29, 0.717) is 23.0 Å². The lowest BCUT2D eigenvalue weighted by molar-refractivity contribution is 0.0958. The second-order valence-corrected chi connectivity index (χ2v) is 8.37. The Morgan fingerprint density at radius 3 is 2.70 bits per heavy atom. The van der Waals surface area contributed by atoms with E-state index in [-0.39, 0.29) is 5.91 Å². The predicted molar refractivity (Wildman–Crippen MR) is 122 cm³/mol. The van der Waals surface area contributed by atoms with Crippen LogP contribution in [0, 0.1) is 6.92 Å². The normalized spacial score (nSPS) is 11.1. The van der Waals surface area contributed by atoms with Crippen LogP contribution in [0.15, 0.2) is 42.5 Å². The molecule has 0 saturated carbocycles. The molecular formula is C23H21ClN2O3S. The van der Waals surface area contributed by atoms with Crippen LogP contribution in [-0.2, 0) is 6.42 Å². The maximum atomic E-state index is 12.8. The zero-order chi connectivity index (χ0) is 21.3. The number of benzene rings is 2. The molecule has 7 heteroatoms. The lowest BCUT2D eigenvalue weighted by Gasteiger charge is -2.10. The summed E-state index contributed by atoms with van der Waals surface area (Å²) < 4.78 is 11.7. The van der Waals surface area contributed by atoms with Crippen molar-refractivity contribution in [3.63, 3.8) is 0 Å². The Morgan fingerprint density at radius 2 is 1.93 bits per heavy atom. The largest absolute Gasteiger partial charge is 0.497 e. The molecule has 0 aliphatic carbocycles. The van der Waals surface area contributed by atoms with E-state index in [4.69, 9.17) is 21.1 Å². The first-order valence-electron chi connectivity index (χ1n) is 9.48. The van der Waals surface area contributed by atoms with E-state index < -0.39 is 0 Å². The predicted octanol–water partition coefficient (Wildman–Crippen LogP) is 5.40. The highest BCUT2D eigenvalue weighted by Gasteiger charge is 2.16. The summed E-state index contributed by atoms with van der Waals surface area (Å²) in [5.41, 5.74) is 2.94. The van der Waals surface area contributed by atoms with Crippen molar-refractivity contribution in [2.75, 3.05) is 20.8 Å². The third-order valence-corrected chi connectivity index (χ3v) is 6.42. The lowest BCUT2D eigenvalue weighted by Crippen LogP contribution is -2.24. The van der Waals surface area contributed by atoms with E-state index in [0.717, 1.165) is 43.6 Å². The molecule has 1 amide bonds. The number of nitrogens with one attached hydrogen (secondary N) is 1. The fourth-order valence-electron chi connectivity index (χ4n) is 3.43. The Hall–Kier alpha value is -2.83. The van der Waals surface area contributed by atoms with E-state index >= 15 is 0 Å². The summed E-state index contributed by atoms with van der Waals surface area (Å²) >= 11 is 7.81. The Bertz CT molecular complexity index is 1250. The molecule has 0 saturated heterocycles. The molecule has 4 rings (SSSR count). The van der Waals surface area contributed by atoms with Crippen molar-refractivity contribution in [2.24, 2.45) is 0 Å². The van der Waals surface area contributed by atoms with E-state index in [1.54, 1.807) is 14.2 Å². The Balaban J connectivity index is 1.55. The van der Waals surface area contributed by atoms with Crippen LogP contribution < -0.4 is 14.8 Å². The number of halogens is 1. The van der Waals surface area contributed by atoms with Crippen LogP contribution in [0.25, 0.3) is 21.0 Å². The number of hydrogen-bond donors (Lipinski definition) is 1. The molecule has 4 aromatic rings. The van der Waals surface area contributed by atoms with Gasteiger partial charge in [0.15, 0.2) is 0 Å². The molecule has 30 heavy (non-hydrogen) atoms. The van der Waals surface area contributed by atoms with Gasteiger partial charge in [-0.2, -0.15) is 0 Å². The highest BCUT2D eigenvalue weighted by molar-refractivity contribution is 7.21. The van der Waals surface area contributed by atoms with Crippen LogP contribution in [0.3, 0.4) is 0 Å². The third kappa shape index (κ3) is 3.93. The molecule has 5 nitrogen and oxygen atoms in total. The number of amides is 1. The van der Waals surface area contributed by atoms with Crippen LogP contribution in [0.1, 0.15) is 20.8 Å². The van der Waals surface area contributed by atoms with Gasteiger partial charge in [0.2, 0.25) is 0 Å². The van der Waals surface area contributed by atoms with Crippen molar-refractivity contribution < 1.29 is 14.3 Å². The maximum absolute atomic E-state index is 12.8. The molecule has 0 fully saturated rings. The van der Waals surface area contributed by atoms with Gasteiger partial charge < -0.3 is 14.8 Å². The monoisotopic (exact) mass is 440 g/mol. The second kappa shape index (κ2) is 8.50. The molecule has 0 spiro atoms. The molecule has 2 heterocycles. The zero-order valence-electron chi connectivity index (χ0n) is 16.9. The number of aromatic nitrogens is 1. The van der Waals surface area contributed by atoms with Crippen molar-refractivity contribution in [2.45, 2.75) is 13.3 Å². The molecular weight excluding hydrogens is 420 g/mol. The fourth-order valence-corrected chi connectivity index (χ4v) is 4.82. The number of aryl methyl sites for hydroxylation is 1.